The monoisotopic (exact) mass is 578 g/mol. The maximum absolute atomic E-state index is 15.0. The van der Waals surface area contributed by atoms with Crippen molar-refractivity contribution in [3.8, 4) is 0 Å². The molecule has 6 nitrogen and oxygen atoms in total. The molecule has 1 saturated carbocycles. The number of carbonyl (C=O) groups is 3. The number of hydrogen-bond donors (Lipinski definition) is 0. The molecule has 0 saturated heterocycles. The second-order valence-electron chi connectivity index (χ2n) is 13.1. The third-order valence-electron chi connectivity index (χ3n) is 9.79. The number of allylic oxidation sites excluding steroid dienone is 4. The quantitative estimate of drug-likeness (QED) is 0.196. The molecule has 0 aromatic carbocycles. The van der Waals surface area contributed by atoms with Crippen LogP contribution in [0.2, 0.25) is 0 Å². The molecule has 41 heavy (non-hydrogen) atoms. The highest BCUT2D eigenvalue weighted by molar-refractivity contribution is 5.67. The van der Waals surface area contributed by atoms with Crippen molar-refractivity contribution in [2.75, 3.05) is 0 Å². The number of esters is 3. The van der Waals surface area contributed by atoms with E-state index < -0.39 is 23.6 Å². The largest absolute Gasteiger partial charge is 0.462 e. The molecular weight excluding hydrogens is 530 g/mol. The summed E-state index contributed by atoms with van der Waals surface area (Å²) in [5, 5.41) is 0. The lowest BCUT2D eigenvalue weighted by Crippen LogP contribution is -2.46. The first-order chi connectivity index (χ1) is 19.0. The van der Waals surface area contributed by atoms with Gasteiger partial charge in [-0.15, -0.1) is 0 Å². The van der Waals surface area contributed by atoms with Gasteiger partial charge < -0.3 is 14.2 Å². The van der Waals surface area contributed by atoms with Gasteiger partial charge in [0.2, 0.25) is 0 Å². The van der Waals surface area contributed by atoms with Crippen molar-refractivity contribution in [3.63, 3.8) is 0 Å². The van der Waals surface area contributed by atoms with E-state index in [1.165, 1.54) is 33.3 Å². The summed E-state index contributed by atoms with van der Waals surface area (Å²) in [6.07, 6.45) is 10.7. The zero-order valence-electron chi connectivity index (χ0n) is 26.0. The molecule has 0 N–H and O–H groups in total. The Kier molecular flexibility index (Phi) is 10.3. The lowest BCUT2D eigenvalue weighted by molar-refractivity contribution is -0.202. The molecule has 3 rings (SSSR count). The van der Waals surface area contributed by atoms with Crippen LogP contribution in [0.3, 0.4) is 0 Å². The van der Waals surface area contributed by atoms with E-state index in [-0.39, 0.29) is 35.8 Å². The molecule has 0 aliphatic heterocycles. The van der Waals surface area contributed by atoms with Crippen molar-refractivity contribution >= 4 is 17.9 Å². The molecule has 0 unspecified atom stereocenters. The first kappa shape index (κ1) is 33.0. The van der Waals surface area contributed by atoms with Gasteiger partial charge in [-0.05, 0) is 92.8 Å². The van der Waals surface area contributed by atoms with Crippen molar-refractivity contribution in [2.24, 2.45) is 23.2 Å². The van der Waals surface area contributed by atoms with E-state index in [4.69, 9.17) is 14.2 Å². The fourth-order valence-corrected chi connectivity index (χ4v) is 7.50. The molecule has 0 spiro atoms. The molecule has 3 aliphatic carbocycles. The standard InChI is InChI=1S/C33H48F2O6/c1-20(15-17-33(34,35)31(6,7)41-24(5)38)28-13-14-29-25(10-9-16-32(28,29)8)11-12-26-18-27(39-22(3)36)19-30(21(26)2)40-23(4)37/h10-12,20,27-30H,9,13-19H2,1-8H3/b12-11-/t20-,27-,28-,29+,30+,32-/m1/s1. The van der Waals surface area contributed by atoms with Crippen molar-refractivity contribution in [1.29, 1.82) is 0 Å². The number of fused-ring (bicyclic) bond motifs is 1. The van der Waals surface area contributed by atoms with Crippen molar-refractivity contribution in [2.45, 2.75) is 130 Å². The van der Waals surface area contributed by atoms with Crippen LogP contribution >= 0.6 is 0 Å². The molecule has 0 bridgehead atoms. The van der Waals surface area contributed by atoms with Gasteiger partial charge in [-0.25, -0.2) is 8.78 Å². The van der Waals surface area contributed by atoms with E-state index in [0.29, 0.717) is 31.1 Å². The molecule has 0 amide bonds. The Hall–Kier alpha value is -2.51. The van der Waals surface area contributed by atoms with Gasteiger partial charge in [0.1, 0.15) is 12.2 Å². The second-order valence-corrected chi connectivity index (χ2v) is 13.1. The summed E-state index contributed by atoms with van der Waals surface area (Å²) in [5.41, 5.74) is 1.39. The number of rotatable bonds is 10. The number of halogens is 2. The summed E-state index contributed by atoms with van der Waals surface area (Å²) in [6, 6.07) is 0. The average molecular weight is 579 g/mol. The molecule has 0 radical (unpaired) electrons. The lowest BCUT2D eigenvalue weighted by Gasteiger charge is -2.43. The molecule has 0 aromatic heterocycles. The minimum atomic E-state index is -3.12. The Balaban J connectivity index is 1.74. The van der Waals surface area contributed by atoms with E-state index in [2.05, 4.69) is 32.1 Å². The number of hydrogen-bond acceptors (Lipinski definition) is 6. The normalized spacial score (nSPS) is 29.6. The molecule has 0 aromatic rings. The first-order valence-corrected chi connectivity index (χ1v) is 15.0. The predicted molar refractivity (Wildman–Crippen MR) is 153 cm³/mol. The van der Waals surface area contributed by atoms with Crippen molar-refractivity contribution < 1.29 is 37.4 Å². The molecule has 230 valence electrons. The third-order valence-corrected chi connectivity index (χ3v) is 9.79. The smallest absolute Gasteiger partial charge is 0.303 e. The van der Waals surface area contributed by atoms with Gasteiger partial charge in [-0.3, -0.25) is 14.4 Å². The maximum atomic E-state index is 15.0. The van der Waals surface area contributed by atoms with Crippen LogP contribution in [0.15, 0.2) is 34.9 Å². The van der Waals surface area contributed by atoms with Crippen molar-refractivity contribution in [1.82, 2.24) is 0 Å². The van der Waals surface area contributed by atoms with Crippen LogP contribution in [0.1, 0.15) is 107 Å². The minimum Gasteiger partial charge on any atom is -0.462 e. The highest BCUT2D eigenvalue weighted by Crippen LogP contribution is 2.59. The van der Waals surface area contributed by atoms with Crippen LogP contribution in [0.5, 0.6) is 0 Å². The number of ether oxygens (including phenoxy) is 3. The van der Waals surface area contributed by atoms with Crippen molar-refractivity contribution in [3.05, 3.63) is 34.9 Å². The van der Waals surface area contributed by atoms with E-state index in [1.807, 2.05) is 6.92 Å². The molecule has 6 atom stereocenters. The van der Waals surface area contributed by atoms with Gasteiger partial charge >= 0.3 is 17.9 Å². The van der Waals surface area contributed by atoms with Gasteiger partial charge in [0.25, 0.3) is 5.92 Å². The molecule has 3 aliphatic rings. The Labute approximate surface area is 243 Å². The molecule has 8 heteroatoms. The Morgan fingerprint density at radius 1 is 1.07 bits per heavy atom. The van der Waals surface area contributed by atoms with Gasteiger partial charge in [-0.2, -0.15) is 0 Å². The summed E-state index contributed by atoms with van der Waals surface area (Å²) < 4.78 is 46.1. The van der Waals surface area contributed by atoms with Crippen LogP contribution in [-0.2, 0) is 28.6 Å². The Morgan fingerprint density at radius 3 is 2.34 bits per heavy atom. The van der Waals surface area contributed by atoms with Crippen LogP contribution in [0.25, 0.3) is 0 Å². The average Bonchev–Trinajstić information content (AvgIpc) is 3.19. The highest BCUT2D eigenvalue weighted by atomic mass is 19.3. The molecular formula is C33H48F2O6. The summed E-state index contributed by atoms with van der Waals surface area (Å²) >= 11 is 0. The summed E-state index contributed by atoms with van der Waals surface area (Å²) in [5.74, 6) is -3.80. The summed E-state index contributed by atoms with van der Waals surface area (Å²) in [6.45, 7) is 12.8. The van der Waals surface area contributed by atoms with E-state index in [1.54, 1.807) is 0 Å². The maximum Gasteiger partial charge on any atom is 0.303 e. The van der Waals surface area contributed by atoms with Crippen LogP contribution < -0.4 is 0 Å². The van der Waals surface area contributed by atoms with E-state index in [9.17, 15) is 14.4 Å². The third kappa shape index (κ3) is 7.66. The van der Waals surface area contributed by atoms with Crippen LogP contribution in [-0.4, -0.2) is 41.6 Å². The summed E-state index contributed by atoms with van der Waals surface area (Å²) in [4.78, 5) is 34.7. The first-order valence-electron chi connectivity index (χ1n) is 15.0. The topological polar surface area (TPSA) is 78.9 Å². The lowest BCUT2D eigenvalue weighted by atomic mass is 9.62. The number of alkyl halides is 2. The number of carbonyl (C=O) groups excluding carboxylic acids is 3. The minimum absolute atomic E-state index is 0.00503. The second kappa shape index (κ2) is 12.8. The Bertz CT molecular complexity index is 1100. The van der Waals surface area contributed by atoms with Gasteiger partial charge in [0, 0.05) is 40.0 Å². The molecule has 1 fully saturated rings. The van der Waals surface area contributed by atoms with Crippen LogP contribution in [0, 0.1) is 23.2 Å². The van der Waals surface area contributed by atoms with E-state index >= 15 is 8.78 Å². The van der Waals surface area contributed by atoms with Gasteiger partial charge in [0.15, 0.2) is 5.60 Å². The highest BCUT2D eigenvalue weighted by Gasteiger charge is 2.52. The molecule has 0 heterocycles. The van der Waals surface area contributed by atoms with Crippen LogP contribution in [0.4, 0.5) is 8.78 Å². The fraction of sp³-hybridized carbons (Fsp3) is 0.727. The predicted octanol–water partition coefficient (Wildman–Crippen LogP) is 7.66. The zero-order chi connectivity index (χ0) is 30.8. The Morgan fingerprint density at radius 2 is 1.73 bits per heavy atom. The SMILES string of the molecule is CC(=O)O[C@@H]1CC(/C=C\C2=CCC[C@]3(C)[C@@H]([C@H](C)CCC(F)(F)C(C)(C)OC(C)=O)CC[C@@H]23)=C(C)[C@@H](OC(C)=O)C1. The summed E-state index contributed by atoms with van der Waals surface area (Å²) in [7, 11) is 0. The fourth-order valence-electron chi connectivity index (χ4n) is 7.50. The van der Waals surface area contributed by atoms with Gasteiger partial charge in [-0.1, -0.05) is 32.1 Å². The van der Waals surface area contributed by atoms with E-state index in [0.717, 1.165) is 43.8 Å². The zero-order valence-corrected chi connectivity index (χ0v) is 26.0. The van der Waals surface area contributed by atoms with Gasteiger partial charge in [0.05, 0.1) is 0 Å².